The van der Waals surface area contributed by atoms with E-state index in [1.807, 2.05) is 60.7 Å². The minimum absolute atomic E-state index is 0.129. The van der Waals surface area contributed by atoms with E-state index in [0.29, 0.717) is 66.8 Å². The highest BCUT2D eigenvalue weighted by Crippen LogP contribution is 2.61. The van der Waals surface area contributed by atoms with E-state index in [4.69, 9.17) is 0 Å². The van der Waals surface area contributed by atoms with Crippen molar-refractivity contribution in [2.24, 2.45) is 0 Å². The summed E-state index contributed by atoms with van der Waals surface area (Å²) in [6.45, 7) is 0. The summed E-state index contributed by atoms with van der Waals surface area (Å²) in [6.07, 6.45) is 0. The Balaban J connectivity index is 1.76. The second kappa shape index (κ2) is 9.34. The quantitative estimate of drug-likeness (QED) is 0.254. The van der Waals surface area contributed by atoms with Crippen LogP contribution in [0.15, 0.2) is 96.1 Å². The van der Waals surface area contributed by atoms with E-state index in [1.54, 1.807) is 24.3 Å². The smallest absolute Gasteiger partial charge is 0.138 e. The molecule has 0 bridgehead atoms. The molecule has 0 saturated carbocycles. The fourth-order valence-corrected chi connectivity index (χ4v) is 5.61. The van der Waals surface area contributed by atoms with Crippen molar-refractivity contribution in [3.05, 3.63) is 130 Å². The van der Waals surface area contributed by atoms with E-state index in [-0.39, 0.29) is 11.1 Å². The Kier molecular flexibility index (Phi) is 5.67. The van der Waals surface area contributed by atoms with Gasteiger partial charge in [0.05, 0.1) is 0 Å². The normalized spacial score (nSPS) is 12.4. The first-order chi connectivity index (χ1) is 19.5. The number of allylic oxidation sites excluding steroid dienone is 6. The SMILES string of the molecule is N#CC(C#N)=C1C2=C(C(=C(C#N)C#N)c3c2cccc3-c2ccc(F)cc2)c2cccc(-c3ccc(F)cc3)c21. The first-order valence-electron chi connectivity index (χ1n) is 12.2. The maximum atomic E-state index is 13.8. The van der Waals surface area contributed by atoms with Gasteiger partial charge in [0.1, 0.15) is 47.1 Å². The second-order valence-electron chi connectivity index (χ2n) is 9.17. The summed E-state index contributed by atoms with van der Waals surface area (Å²) >= 11 is 0. The average Bonchev–Trinajstić information content (AvgIpc) is 3.49. The van der Waals surface area contributed by atoms with Gasteiger partial charge in [-0.05, 0) is 57.6 Å². The van der Waals surface area contributed by atoms with Crippen molar-refractivity contribution in [3.63, 3.8) is 0 Å². The van der Waals surface area contributed by atoms with E-state index < -0.39 is 11.6 Å². The molecule has 0 spiro atoms. The molecule has 0 saturated heterocycles. The summed E-state index contributed by atoms with van der Waals surface area (Å²) < 4.78 is 27.5. The number of hydrogen-bond donors (Lipinski definition) is 0. The summed E-state index contributed by atoms with van der Waals surface area (Å²) in [4.78, 5) is 0. The lowest BCUT2D eigenvalue weighted by molar-refractivity contribution is 0.627. The summed E-state index contributed by atoms with van der Waals surface area (Å²) in [6, 6.07) is 30.9. The average molecular weight is 517 g/mol. The summed E-state index contributed by atoms with van der Waals surface area (Å²) in [5.74, 6) is -0.801. The number of hydrogen-bond acceptors (Lipinski definition) is 4. The number of rotatable bonds is 2. The number of benzene rings is 4. The van der Waals surface area contributed by atoms with Crippen molar-refractivity contribution < 1.29 is 8.78 Å². The van der Waals surface area contributed by atoms with Gasteiger partial charge >= 0.3 is 0 Å². The predicted octanol–water partition coefficient (Wildman–Crippen LogP) is 7.84. The van der Waals surface area contributed by atoms with Gasteiger partial charge in [0.25, 0.3) is 0 Å². The molecule has 0 N–H and O–H groups in total. The van der Waals surface area contributed by atoms with Crippen LogP contribution >= 0.6 is 0 Å². The molecule has 0 fully saturated rings. The van der Waals surface area contributed by atoms with Gasteiger partial charge in [0, 0.05) is 33.4 Å². The Morgan fingerprint density at radius 3 is 1.10 bits per heavy atom. The summed E-state index contributed by atoms with van der Waals surface area (Å²) in [7, 11) is 0. The van der Waals surface area contributed by atoms with Crippen molar-refractivity contribution in [1.82, 2.24) is 0 Å². The number of fused-ring (bicyclic) bond motifs is 4. The standard InChI is InChI=1S/C34H14F2N4/c35-23-11-7-19(8-12-23)25-3-1-5-27-31(25)29(21(15-37)16-38)34-28-6-2-4-26(20-9-13-24(36)14-10-20)32(28)30(33(27)34)22(17-39)18-40/h1-14H. The largest absolute Gasteiger partial charge is 0.207 e. The molecule has 6 heteroatoms. The molecule has 40 heavy (non-hydrogen) atoms. The van der Waals surface area contributed by atoms with Crippen LogP contribution in [0.2, 0.25) is 0 Å². The van der Waals surface area contributed by atoms with Gasteiger partial charge in [0.15, 0.2) is 0 Å². The minimum atomic E-state index is -0.400. The van der Waals surface area contributed by atoms with Crippen LogP contribution in [0.4, 0.5) is 8.78 Å². The molecule has 2 aliphatic rings. The first kappa shape index (κ1) is 24.3. The van der Waals surface area contributed by atoms with Crippen molar-refractivity contribution in [2.75, 3.05) is 0 Å². The minimum Gasteiger partial charge on any atom is -0.207 e. The zero-order valence-corrected chi connectivity index (χ0v) is 20.6. The number of nitriles is 4. The van der Waals surface area contributed by atoms with E-state index in [2.05, 4.69) is 0 Å². The van der Waals surface area contributed by atoms with Gasteiger partial charge in [-0.1, -0.05) is 60.7 Å². The molecule has 184 valence electrons. The van der Waals surface area contributed by atoms with E-state index >= 15 is 0 Å². The molecule has 2 aliphatic carbocycles. The maximum absolute atomic E-state index is 13.8. The number of halogens is 2. The van der Waals surface area contributed by atoms with E-state index in [1.165, 1.54) is 24.3 Å². The third kappa shape index (κ3) is 3.46. The highest BCUT2D eigenvalue weighted by Gasteiger charge is 2.42. The fraction of sp³-hybridized carbons (Fsp3) is 0. The Labute approximate surface area is 228 Å². The van der Waals surface area contributed by atoms with Crippen LogP contribution in [0.25, 0.3) is 44.5 Å². The van der Waals surface area contributed by atoms with Gasteiger partial charge in [0.2, 0.25) is 0 Å². The lowest BCUT2D eigenvalue weighted by Crippen LogP contribution is -1.99. The number of nitrogens with zero attached hydrogens (tertiary/aromatic N) is 4. The molecule has 0 radical (unpaired) electrons. The van der Waals surface area contributed by atoms with Crippen LogP contribution in [0.1, 0.15) is 22.3 Å². The second-order valence-corrected chi connectivity index (χ2v) is 9.17. The van der Waals surface area contributed by atoms with Gasteiger partial charge < -0.3 is 0 Å². The molecule has 0 amide bonds. The third-order valence-electron chi connectivity index (χ3n) is 7.18. The molecule has 0 unspecified atom stereocenters. The zero-order valence-electron chi connectivity index (χ0n) is 20.6. The van der Waals surface area contributed by atoms with E-state index in [9.17, 15) is 29.8 Å². The Morgan fingerprint density at radius 2 is 0.775 bits per heavy atom. The topological polar surface area (TPSA) is 95.2 Å². The van der Waals surface area contributed by atoms with Crippen molar-refractivity contribution in [2.45, 2.75) is 0 Å². The zero-order chi connectivity index (χ0) is 28.0. The summed E-state index contributed by atoms with van der Waals surface area (Å²) in [5, 5.41) is 40.2. The van der Waals surface area contributed by atoms with Gasteiger partial charge in [-0.25, -0.2) is 8.78 Å². The fourth-order valence-electron chi connectivity index (χ4n) is 5.61. The predicted molar refractivity (Wildman–Crippen MR) is 147 cm³/mol. The molecule has 0 aromatic heterocycles. The molecule has 4 aromatic rings. The van der Waals surface area contributed by atoms with Gasteiger partial charge in [-0.2, -0.15) is 21.0 Å². The van der Waals surface area contributed by atoms with Crippen LogP contribution in [0.5, 0.6) is 0 Å². The van der Waals surface area contributed by atoms with Crippen LogP contribution in [0, 0.1) is 57.0 Å². The van der Waals surface area contributed by atoms with Crippen LogP contribution in [-0.4, -0.2) is 0 Å². The van der Waals surface area contributed by atoms with Gasteiger partial charge in [-0.15, -0.1) is 0 Å². The van der Waals surface area contributed by atoms with Gasteiger partial charge in [-0.3, -0.25) is 0 Å². The Bertz CT molecular complexity index is 1850. The lowest BCUT2D eigenvalue weighted by atomic mass is 9.83. The molecular formula is C34H14F2N4. The highest BCUT2D eigenvalue weighted by atomic mass is 19.1. The lowest BCUT2D eigenvalue weighted by Gasteiger charge is -2.18. The summed E-state index contributed by atoms with van der Waals surface area (Å²) in [5.41, 5.74) is 6.86. The van der Waals surface area contributed by atoms with Crippen molar-refractivity contribution in [1.29, 1.82) is 21.0 Å². The Morgan fingerprint density at radius 1 is 0.450 bits per heavy atom. The molecule has 0 atom stereocenters. The molecule has 4 nitrogen and oxygen atoms in total. The Hall–Kier alpha value is -6.08. The highest BCUT2D eigenvalue weighted by molar-refractivity contribution is 6.39. The monoisotopic (exact) mass is 516 g/mol. The molecule has 0 aliphatic heterocycles. The molecule has 6 rings (SSSR count). The van der Waals surface area contributed by atoms with Crippen molar-refractivity contribution >= 4 is 22.3 Å². The maximum Gasteiger partial charge on any atom is 0.138 e. The van der Waals surface area contributed by atoms with Crippen LogP contribution in [0.3, 0.4) is 0 Å². The molecular weight excluding hydrogens is 502 g/mol. The third-order valence-corrected chi connectivity index (χ3v) is 7.18. The van der Waals surface area contributed by atoms with Crippen LogP contribution in [-0.2, 0) is 0 Å². The molecule has 4 aromatic carbocycles. The first-order valence-corrected chi connectivity index (χ1v) is 12.2. The van der Waals surface area contributed by atoms with Crippen LogP contribution < -0.4 is 0 Å². The molecule has 0 heterocycles. The van der Waals surface area contributed by atoms with Crippen molar-refractivity contribution in [3.8, 4) is 46.5 Å². The van der Waals surface area contributed by atoms with E-state index in [0.717, 1.165) is 0 Å².